The van der Waals surface area contributed by atoms with E-state index in [1.54, 1.807) is 7.11 Å². The second kappa shape index (κ2) is 3.82. The van der Waals surface area contributed by atoms with Crippen LogP contribution in [0.4, 0.5) is 0 Å². The van der Waals surface area contributed by atoms with Crippen molar-refractivity contribution >= 4 is 6.29 Å². The summed E-state index contributed by atoms with van der Waals surface area (Å²) in [6, 6.07) is 0. The molecule has 0 atom stereocenters. The lowest BCUT2D eigenvalue weighted by molar-refractivity contribution is 0.112. The van der Waals surface area contributed by atoms with Crippen LogP contribution in [0.25, 0.3) is 0 Å². The molecule has 0 N–H and O–H groups in total. The molecule has 0 fully saturated rings. The van der Waals surface area contributed by atoms with Crippen LogP contribution in [0.3, 0.4) is 0 Å². The van der Waals surface area contributed by atoms with Gasteiger partial charge in [0.2, 0.25) is 0 Å². The maximum atomic E-state index is 10.9. The first kappa shape index (κ1) is 10.8. The van der Waals surface area contributed by atoms with Gasteiger partial charge in [-0.15, -0.1) is 0 Å². The zero-order valence-corrected chi connectivity index (χ0v) is 9.39. The van der Waals surface area contributed by atoms with Gasteiger partial charge in [0.05, 0.1) is 7.11 Å². The van der Waals surface area contributed by atoms with E-state index in [9.17, 15) is 4.79 Å². The van der Waals surface area contributed by atoms with E-state index in [1.165, 1.54) is 0 Å². The van der Waals surface area contributed by atoms with E-state index < -0.39 is 0 Å². The molecule has 0 radical (unpaired) electrons. The van der Waals surface area contributed by atoms with Gasteiger partial charge in [0.15, 0.2) is 6.29 Å². The van der Waals surface area contributed by atoms with E-state index in [0.717, 1.165) is 39.9 Å². The highest BCUT2D eigenvalue weighted by Crippen LogP contribution is 2.31. The molecule has 76 valence electrons. The Morgan fingerprint density at radius 2 is 1.50 bits per heavy atom. The third-order valence-corrected chi connectivity index (χ3v) is 2.94. The minimum atomic E-state index is 0.755. The summed E-state index contributed by atoms with van der Waals surface area (Å²) in [6.45, 7) is 7.92. The van der Waals surface area contributed by atoms with Crippen molar-refractivity contribution in [3.05, 3.63) is 27.8 Å². The molecule has 0 aliphatic carbocycles. The van der Waals surface area contributed by atoms with Crippen LogP contribution in [0.1, 0.15) is 32.6 Å². The minimum Gasteiger partial charge on any atom is -0.496 e. The van der Waals surface area contributed by atoms with Gasteiger partial charge in [0, 0.05) is 11.1 Å². The Hall–Kier alpha value is -1.31. The number of benzene rings is 1. The summed E-state index contributed by atoms with van der Waals surface area (Å²) in [5.41, 5.74) is 4.99. The van der Waals surface area contributed by atoms with Gasteiger partial charge in [-0.2, -0.15) is 0 Å². The molecule has 0 unspecified atom stereocenters. The molecule has 2 heteroatoms. The second-order valence-electron chi connectivity index (χ2n) is 3.56. The number of methoxy groups -OCH3 is 1. The minimum absolute atomic E-state index is 0.755. The highest BCUT2D eigenvalue weighted by molar-refractivity contribution is 5.82. The molecule has 0 amide bonds. The molecular formula is C12H16O2. The molecule has 0 aliphatic rings. The van der Waals surface area contributed by atoms with Crippen molar-refractivity contribution in [1.29, 1.82) is 0 Å². The van der Waals surface area contributed by atoms with Gasteiger partial charge in [-0.25, -0.2) is 0 Å². The van der Waals surface area contributed by atoms with Gasteiger partial charge in [0.1, 0.15) is 5.75 Å². The monoisotopic (exact) mass is 192 g/mol. The summed E-state index contributed by atoms with van der Waals surface area (Å²) in [5.74, 6) is 0.829. The summed E-state index contributed by atoms with van der Waals surface area (Å²) in [7, 11) is 1.64. The molecule has 0 saturated carbocycles. The normalized spacial score (nSPS) is 10.1. The summed E-state index contributed by atoms with van der Waals surface area (Å²) in [4.78, 5) is 10.9. The number of ether oxygens (including phenoxy) is 1. The van der Waals surface area contributed by atoms with E-state index in [0.29, 0.717) is 0 Å². The fourth-order valence-electron chi connectivity index (χ4n) is 1.82. The Morgan fingerprint density at radius 3 is 1.93 bits per heavy atom. The molecule has 0 aliphatic heterocycles. The molecule has 0 bridgehead atoms. The number of aldehydes is 1. The van der Waals surface area contributed by atoms with Crippen LogP contribution >= 0.6 is 0 Å². The van der Waals surface area contributed by atoms with Crippen LogP contribution in [-0.2, 0) is 0 Å². The number of rotatable bonds is 2. The molecule has 0 aromatic heterocycles. The molecule has 1 rings (SSSR count). The van der Waals surface area contributed by atoms with Crippen LogP contribution in [-0.4, -0.2) is 13.4 Å². The lowest BCUT2D eigenvalue weighted by Gasteiger charge is -2.16. The Kier molecular flexibility index (Phi) is 2.94. The number of hydrogen-bond acceptors (Lipinski definition) is 2. The fourth-order valence-corrected chi connectivity index (χ4v) is 1.82. The predicted octanol–water partition coefficient (Wildman–Crippen LogP) is 2.74. The fraction of sp³-hybridized carbons (Fsp3) is 0.417. The van der Waals surface area contributed by atoms with Gasteiger partial charge in [-0.05, 0) is 44.4 Å². The molecule has 1 aromatic carbocycles. The summed E-state index contributed by atoms with van der Waals surface area (Å²) in [5, 5.41) is 0. The first-order valence-corrected chi connectivity index (χ1v) is 4.64. The maximum Gasteiger partial charge on any atom is 0.150 e. The van der Waals surface area contributed by atoms with E-state index >= 15 is 0 Å². The summed E-state index contributed by atoms with van der Waals surface area (Å²) in [6.07, 6.45) is 0.902. The van der Waals surface area contributed by atoms with Crippen molar-refractivity contribution < 1.29 is 9.53 Å². The highest BCUT2D eigenvalue weighted by Gasteiger charge is 2.14. The number of hydrogen-bond donors (Lipinski definition) is 0. The van der Waals surface area contributed by atoms with Crippen molar-refractivity contribution in [2.45, 2.75) is 27.7 Å². The summed E-state index contributed by atoms with van der Waals surface area (Å²) < 4.78 is 5.30. The maximum absolute atomic E-state index is 10.9. The van der Waals surface area contributed by atoms with Gasteiger partial charge in [-0.3, -0.25) is 4.79 Å². The molecule has 1 aromatic rings. The first-order chi connectivity index (χ1) is 6.54. The van der Waals surface area contributed by atoms with Crippen molar-refractivity contribution in [2.75, 3.05) is 7.11 Å². The van der Waals surface area contributed by atoms with Gasteiger partial charge >= 0.3 is 0 Å². The molecule has 0 spiro atoms. The number of carbonyl (C=O) groups is 1. The van der Waals surface area contributed by atoms with E-state index in [2.05, 4.69) is 0 Å². The van der Waals surface area contributed by atoms with Gasteiger partial charge in [0.25, 0.3) is 0 Å². The Balaban J connectivity index is 3.64. The lowest BCUT2D eigenvalue weighted by Crippen LogP contribution is -2.02. The average molecular weight is 192 g/mol. The van der Waals surface area contributed by atoms with Crippen molar-refractivity contribution in [1.82, 2.24) is 0 Å². The quantitative estimate of drug-likeness (QED) is 0.673. The topological polar surface area (TPSA) is 26.3 Å². The van der Waals surface area contributed by atoms with Crippen molar-refractivity contribution in [3.63, 3.8) is 0 Å². The smallest absolute Gasteiger partial charge is 0.150 e. The van der Waals surface area contributed by atoms with E-state index in [4.69, 9.17) is 4.74 Å². The van der Waals surface area contributed by atoms with Crippen molar-refractivity contribution in [2.24, 2.45) is 0 Å². The predicted molar refractivity (Wildman–Crippen MR) is 57.3 cm³/mol. The highest BCUT2D eigenvalue weighted by atomic mass is 16.5. The molecule has 14 heavy (non-hydrogen) atoms. The van der Waals surface area contributed by atoms with Crippen LogP contribution in [0.15, 0.2) is 0 Å². The van der Waals surface area contributed by atoms with Crippen molar-refractivity contribution in [3.8, 4) is 5.75 Å². The zero-order chi connectivity index (χ0) is 10.9. The van der Waals surface area contributed by atoms with Gasteiger partial charge < -0.3 is 4.74 Å². The molecular weight excluding hydrogens is 176 g/mol. The van der Waals surface area contributed by atoms with Crippen LogP contribution in [0.5, 0.6) is 5.75 Å². The van der Waals surface area contributed by atoms with Crippen LogP contribution < -0.4 is 4.74 Å². The third-order valence-electron chi connectivity index (χ3n) is 2.94. The largest absolute Gasteiger partial charge is 0.496 e. The van der Waals surface area contributed by atoms with Crippen LogP contribution in [0.2, 0.25) is 0 Å². The molecule has 0 saturated heterocycles. The molecule has 0 heterocycles. The van der Waals surface area contributed by atoms with E-state index in [-0.39, 0.29) is 0 Å². The first-order valence-electron chi connectivity index (χ1n) is 4.64. The Labute approximate surface area is 84.9 Å². The van der Waals surface area contributed by atoms with E-state index in [1.807, 2.05) is 27.7 Å². The summed E-state index contributed by atoms with van der Waals surface area (Å²) >= 11 is 0. The number of carbonyl (C=O) groups excluding carboxylic acids is 1. The third kappa shape index (κ3) is 1.41. The SMILES string of the molecule is COc1c(C)c(C)c(C)c(C=O)c1C. The second-order valence-corrected chi connectivity index (χ2v) is 3.56. The van der Waals surface area contributed by atoms with Gasteiger partial charge in [-0.1, -0.05) is 0 Å². The Bertz CT molecular complexity index is 379. The Morgan fingerprint density at radius 1 is 0.929 bits per heavy atom. The molecule has 2 nitrogen and oxygen atoms in total. The standard InChI is InChI=1S/C12H16O2/c1-7-8(2)11(6-13)10(4)12(14-5)9(7)3/h6H,1-5H3. The zero-order valence-electron chi connectivity index (χ0n) is 9.39. The lowest BCUT2D eigenvalue weighted by atomic mass is 9.94. The van der Waals surface area contributed by atoms with Crippen LogP contribution in [0, 0.1) is 27.7 Å². The average Bonchev–Trinajstić information content (AvgIpc) is 2.16.